The second kappa shape index (κ2) is 15.9. The molecule has 56 heavy (non-hydrogen) atoms. The van der Waals surface area contributed by atoms with Crippen molar-refractivity contribution in [2.45, 2.75) is 122 Å². The summed E-state index contributed by atoms with van der Waals surface area (Å²) in [5.74, 6) is 0.247. The van der Waals surface area contributed by atoms with Crippen LogP contribution in [0.15, 0.2) is 24.3 Å². The number of benzene rings is 1. The van der Waals surface area contributed by atoms with Gasteiger partial charge in [-0.2, -0.15) is 0 Å². The Bertz CT molecular complexity index is 1790. The Labute approximate surface area is 329 Å². The van der Waals surface area contributed by atoms with Crippen molar-refractivity contribution >= 4 is 35.0 Å². The van der Waals surface area contributed by atoms with Gasteiger partial charge in [0.05, 0.1) is 37.9 Å². The summed E-state index contributed by atoms with van der Waals surface area (Å²) in [5.41, 5.74) is 0.239. The topological polar surface area (TPSA) is 155 Å². The molecule has 306 valence electrons. The van der Waals surface area contributed by atoms with Crippen molar-refractivity contribution in [1.29, 1.82) is 0 Å². The van der Waals surface area contributed by atoms with Crippen LogP contribution in [0.2, 0.25) is 0 Å². The highest BCUT2D eigenvalue weighted by molar-refractivity contribution is 5.91. The number of ether oxygens (including phenoxy) is 6. The van der Waals surface area contributed by atoms with E-state index in [0.717, 1.165) is 43.1 Å². The fraction of sp³-hybridized carbons (Fsp3) is 0.690. The van der Waals surface area contributed by atoms with Crippen LogP contribution in [-0.4, -0.2) is 115 Å². The summed E-state index contributed by atoms with van der Waals surface area (Å²) in [6.07, 6.45) is 3.29. The van der Waals surface area contributed by atoms with E-state index in [1.807, 2.05) is 65.8 Å². The van der Waals surface area contributed by atoms with Gasteiger partial charge >= 0.3 is 18.2 Å². The number of esters is 1. The van der Waals surface area contributed by atoms with Gasteiger partial charge in [0, 0.05) is 36.7 Å². The van der Waals surface area contributed by atoms with E-state index in [0.29, 0.717) is 49.9 Å². The van der Waals surface area contributed by atoms with Gasteiger partial charge in [-0.1, -0.05) is 45.7 Å². The van der Waals surface area contributed by atoms with Crippen LogP contribution >= 0.6 is 0 Å². The minimum absolute atomic E-state index is 0.0847. The average Bonchev–Trinajstić information content (AvgIpc) is 3.72. The molecule has 14 nitrogen and oxygen atoms in total. The fourth-order valence-corrected chi connectivity index (χ4v) is 8.66. The van der Waals surface area contributed by atoms with Gasteiger partial charge in [0.1, 0.15) is 41.7 Å². The Morgan fingerprint density at radius 2 is 1.64 bits per heavy atom. The smallest absolute Gasteiger partial charge is 0.410 e. The number of pyridine rings is 1. The van der Waals surface area contributed by atoms with Gasteiger partial charge in [-0.25, -0.2) is 19.4 Å². The van der Waals surface area contributed by atoms with E-state index in [2.05, 4.69) is 5.32 Å². The molecule has 3 saturated heterocycles. The first-order valence-corrected chi connectivity index (χ1v) is 20.3. The molecule has 1 N–H and O–H groups in total. The SMILES string of the molecule is COC(=O)[C@@H]1C[C@@H]2CN1C(=O)[C@H](C(C)(C)C)NC(=O)O[C@@H]1CC1CCCCCc1c(nc3ccccc3c1OC1C3COCC1CN(C(=O)OC(C)(C)C)C3)O2. The third-order valence-corrected chi connectivity index (χ3v) is 11.6. The van der Waals surface area contributed by atoms with Crippen molar-refractivity contribution in [3.8, 4) is 11.6 Å². The van der Waals surface area contributed by atoms with E-state index < -0.39 is 47.2 Å². The summed E-state index contributed by atoms with van der Waals surface area (Å²) in [5, 5.41) is 3.70. The maximum atomic E-state index is 14.4. The average molecular weight is 779 g/mol. The number of carbonyl (C=O) groups is 4. The molecular formula is C42H58N4O10. The second-order valence-corrected chi connectivity index (χ2v) is 18.3. The molecule has 1 aromatic heterocycles. The van der Waals surface area contributed by atoms with E-state index in [1.54, 1.807) is 4.90 Å². The van der Waals surface area contributed by atoms with Crippen molar-refractivity contribution in [2.75, 3.05) is 40.0 Å². The number of carbonyl (C=O) groups excluding carboxylic acids is 4. The number of likely N-dealkylation sites (tertiary alicyclic amines) is 1. The molecule has 7 rings (SSSR count). The summed E-state index contributed by atoms with van der Waals surface area (Å²) in [7, 11) is 1.30. The summed E-state index contributed by atoms with van der Waals surface area (Å²) >= 11 is 0. The molecular weight excluding hydrogens is 720 g/mol. The number of piperidine rings is 1. The Balaban J connectivity index is 1.23. The van der Waals surface area contributed by atoms with E-state index in [4.69, 9.17) is 33.4 Å². The number of methoxy groups -OCH3 is 1. The predicted molar refractivity (Wildman–Crippen MR) is 205 cm³/mol. The number of fused-ring (bicyclic) bond motifs is 7. The maximum absolute atomic E-state index is 14.4. The van der Waals surface area contributed by atoms with Crippen molar-refractivity contribution < 1.29 is 47.6 Å². The Morgan fingerprint density at radius 3 is 2.34 bits per heavy atom. The number of rotatable bonds is 3. The van der Waals surface area contributed by atoms with Crippen molar-refractivity contribution in [3.63, 3.8) is 0 Å². The zero-order valence-electron chi connectivity index (χ0n) is 33.8. The molecule has 3 amide bonds. The lowest BCUT2D eigenvalue weighted by Gasteiger charge is -2.46. The second-order valence-electron chi connectivity index (χ2n) is 18.3. The van der Waals surface area contributed by atoms with E-state index in [1.165, 1.54) is 12.0 Å². The van der Waals surface area contributed by atoms with E-state index in [-0.39, 0.29) is 49.0 Å². The standard InChI is InChI=1S/C42H58N4O10/c1-41(2,3)35-37(47)46-21-27(18-31(46)38(48)51-7)53-36-29(15-10-8-9-13-24-17-32(24)54-39(49)44-35)34(28-14-11-12-16-30(28)43-36)55-33-25-19-45(20-26(33)23-52-22-25)40(50)56-42(4,5)6/h11-12,14,16,24-27,31-33,35H,8-10,13,15,17-23H2,1-7H3,(H,44,49)/t24?,25?,26?,27-,31+,32-,33?,35-/m1/s1. The third-order valence-electron chi connectivity index (χ3n) is 11.6. The highest BCUT2D eigenvalue weighted by atomic mass is 16.6. The predicted octanol–water partition coefficient (Wildman–Crippen LogP) is 5.66. The zero-order valence-corrected chi connectivity index (χ0v) is 33.8. The number of nitrogens with one attached hydrogen (secondary N) is 1. The van der Waals surface area contributed by atoms with E-state index in [9.17, 15) is 19.2 Å². The van der Waals surface area contributed by atoms with Gasteiger partial charge in [0.15, 0.2) is 0 Å². The van der Waals surface area contributed by atoms with Crippen LogP contribution in [0.5, 0.6) is 11.6 Å². The number of para-hydroxylation sites is 1. The van der Waals surface area contributed by atoms with Crippen LogP contribution in [-0.2, 0) is 35.0 Å². The molecule has 4 bridgehead atoms. The molecule has 1 aromatic carbocycles. The molecule has 5 aliphatic rings. The lowest BCUT2D eigenvalue weighted by molar-refractivity contribution is -0.152. The van der Waals surface area contributed by atoms with Gasteiger partial charge in [-0.3, -0.25) is 4.79 Å². The molecule has 2 aromatic rings. The van der Waals surface area contributed by atoms with Crippen LogP contribution in [0.3, 0.4) is 0 Å². The Kier molecular flexibility index (Phi) is 11.3. The monoisotopic (exact) mass is 778 g/mol. The molecule has 0 spiro atoms. The molecule has 5 heterocycles. The molecule has 14 heteroatoms. The normalized spacial score (nSPS) is 30.1. The van der Waals surface area contributed by atoms with Crippen molar-refractivity contribution in [3.05, 3.63) is 29.8 Å². The van der Waals surface area contributed by atoms with Gasteiger partial charge < -0.3 is 43.5 Å². The first-order valence-electron chi connectivity index (χ1n) is 20.3. The summed E-state index contributed by atoms with van der Waals surface area (Å²) in [4.78, 5) is 62.2. The van der Waals surface area contributed by atoms with Crippen molar-refractivity contribution in [2.24, 2.45) is 23.2 Å². The third kappa shape index (κ3) is 8.79. The van der Waals surface area contributed by atoms with Crippen LogP contribution in [0.4, 0.5) is 9.59 Å². The first-order chi connectivity index (χ1) is 26.6. The van der Waals surface area contributed by atoms with Crippen LogP contribution < -0.4 is 14.8 Å². The summed E-state index contributed by atoms with van der Waals surface area (Å²) in [6, 6.07) is 5.95. The zero-order chi connectivity index (χ0) is 39.9. The maximum Gasteiger partial charge on any atom is 0.410 e. The summed E-state index contributed by atoms with van der Waals surface area (Å²) < 4.78 is 36.7. The lowest BCUT2D eigenvalue weighted by atomic mass is 9.84. The van der Waals surface area contributed by atoms with Gasteiger partial charge in [-0.05, 0) is 69.9 Å². The number of nitrogens with zero attached hydrogens (tertiary/aromatic N) is 3. The molecule has 7 atom stereocenters. The molecule has 0 radical (unpaired) electrons. The van der Waals surface area contributed by atoms with Crippen LogP contribution in [0, 0.1) is 23.2 Å². The summed E-state index contributed by atoms with van der Waals surface area (Å²) in [6.45, 7) is 13.1. The largest absolute Gasteiger partial charge is 0.488 e. The van der Waals surface area contributed by atoms with Gasteiger partial charge in [-0.15, -0.1) is 0 Å². The first kappa shape index (κ1) is 39.9. The molecule has 4 aliphatic heterocycles. The highest BCUT2D eigenvalue weighted by Gasteiger charge is 2.49. The Hall–Kier alpha value is -4.33. The van der Waals surface area contributed by atoms with Gasteiger partial charge in [0.25, 0.3) is 0 Å². The number of hydrogen-bond donors (Lipinski definition) is 1. The minimum Gasteiger partial charge on any atom is -0.488 e. The van der Waals surface area contributed by atoms with E-state index >= 15 is 0 Å². The molecule has 3 unspecified atom stereocenters. The molecule has 1 saturated carbocycles. The lowest BCUT2D eigenvalue weighted by Crippen LogP contribution is -2.59. The molecule has 4 fully saturated rings. The number of alkyl carbamates (subject to hydrolysis) is 1. The molecule has 1 aliphatic carbocycles. The fourth-order valence-electron chi connectivity index (χ4n) is 8.66. The number of hydrogen-bond acceptors (Lipinski definition) is 11. The quantitative estimate of drug-likeness (QED) is 0.303. The Morgan fingerprint density at radius 1 is 0.911 bits per heavy atom. The minimum atomic E-state index is -0.962. The van der Waals surface area contributed by atoms with Crippen LogP contribution in [0.1, 0.15) is 85.6 Å². The van der Waals surface area contributed by atoms with Gasteiger partial charge in [0.2, 0.25) is 11.8 Å². The number of aromatic nitrogens is 1. The van der Waals surface area contributed by atoms with Crippen molar-refractivity contribution in [1.82, 2.24) is 20.1 Å². The number of amides is 3. The van der Waals surface area contributed by atoms with Crippen LogP contribution in [0.25, 0.3) is 10.9 Å². The highest BCUT2D eigenvalue weighted by Crippen LogP contribution is 2.43.